The van der Waals surface area contributed by atoms with Crippen LogP contribution in [-0.2, 0) is 0 Å². The summed E-state index contributed by atoms with van der Waals surface area (Å²) in [6, 6.07) is 10.8. The van der Waals surface area contributed by atoms with Crippen LogP contribution in [0.15, 0.2) is 30.3 Å². The van der Waals surface area contributed by atoms with Crippen LogP contribution in [0.1, 0.15) is 19.8 Å². The van der Waals surface area contributed by atoms with Crippen LogP contribution in [0.4, 0.5) is 0 Å². The Hall–Kier alpha value is -0.643. The van der Waals surface area contributed by atoms with Crippen molar-refractivity contribution in [1.82, 2.24) is 0 Å². The van der Waals surface area contributed by atoms with Gasteiger partial charge in [0, 0.05) is 6.17 Å². The van der Waals surface area contributed by atoms with Gasteiger partial charge in [-0.3, -0.25) is 0 Å². The number of unbranched alkanes of at least 4 members (excludes halogenated alkanes) is 1. The van der Waals surface area contributed by atoms with E-state index in [0.29, 0.717) is 6.17 Å². The molecule has 1 rings (SSSR count). The number of hydrogen-bond donors (Lipinski definition) is 2. The molecule has 0 spiro atoms. The number of hydrogen-bond acceptors (Lipinski definition) is 2. The lowest BCUT2D eigenvalue weighted by Crippen LogP contribution is -2.54. The molecule has 1 aromatic rings. The first-order valence-electron chi connectivity index (χ1n) is 5.21. The fourth-order valence-corrected chi connectivity index (χ4v) is 4.06. The lowest BCUT2D eigenvalue weighted by atomic mass is 10.4. The molecular weight excluding hydrogens is 190 g/mol. The molecule has 0 aromatic heterocycles. The molecule has 0 saturated carbocycles. The van der Waals surface area contributed by atoms with E-state index < -0.39 is 8.32 Å². The van der Waals surface area contributed by atoms with Crippen LogP contribution < -0.4 is 10.9 Å². The monoisotopic (exact) mass is 209 g/mol. The molecule has 0 aliphatic rings. The van der Waals surface area contributed by atoms with Crippen LogP contribution in [0.2, 0.25) is 6.04 Å². The molecule has 1 atom stereocenters. The first-order valence-corrected chi connectivity index (χ1v) is 7.57. The minimum Gasteiger partial charge on any atom is -0.426 e. The Labute approximate surface area is 86.9 Å². The topological polar surface area (TPSA) is 46.2 Å². The van der Waals surface area contributed by atoms with E-state index in [4.69, 9.17) is 5.73 Å². The molecule has 0 heterocycles. The summed E-state index contributed by atoms with van der Waals surface area (Å²) in [5.74, 6) is 0. The normalized spacial score (nSPS) is 15.1. The van der Waals surface area contributed by atoms with Gasteiger partial charge in [-0.25, -0.2) is 0 Å². The van der Waals surface area contributed by atoms with Crippen molar-refractivity contribution >= 4 is 13.5 Å². The van der Waals surface area contributed by atoms with Crippen molar-refractivity contribution in [2.45, 2.75) is 25.8 Å². The molecule has 78 valence electrons. The van der Waals surface area contributed by atoms with Gasteiger partial charge in [0.15, 0.2) is 0 Å². The average molecular weight is 209 g/mol. The van der Waals surface area contributed by atoms with Gasteiger partial charge in [-0.1, -0.05) is 50.1 Å². The van der Waals surface area contributed by atoms with Gasteiger partial charge in [-0.15, -0.1) is 0 Å². The molecule has 3 heteroatoms. The highest BCUT2D eigenvalue weighted by Crippen LogP contribution is 2.09. The Morgan fingerprint density at radius 2 is 1.93 bits per heavy atom. The standard InChI is InChI=1S/C11H19NOSi/c1-2-3-9-14(13,10-12)11-7-5-4-6-8-11/h4-8,13H,2-3,9-10,12H2,1H3. The molecule has 0 aliphatic carbocycles. The maximum atomic E-state index is 10.4. The van der Waals surface area contributed by atoms with E-state index in [0.717, 1.165) is 24.1 Å². The third-order valence-corrected chi connectivity index (χ3v) is 5.86. The fourth-order valence-electron chi connectivity index (χ4n) is 1.58. The molecule has 3 N–H and O–H groups in total. The molecule has 2 nitrogen and oxygen atoms in total. The summed E-state index contributed by atoms with van der Waals surface area (Å²) < 4.78 is 0. The second kappa shape index (κ2) is 5.29. The van der Waals surface area contributed by atoms with Crippen LogP contribution in [0.25, 0.3) is 0 Å². The highest BCUT2D eigenvalue weighted by Gasteiger charge is 2.30. The highest BCUT2D eigenvalue weighted by molar-refractivity contribution is 6.85. The Balaban J connectivity index is 2.79. The smallest absolute Gasteiger partial charge is 0.233 e. The van der Waals surface area contributed by atoms with Crippen LogP contribution >= 0.6 is 0 Å². The summed E-state index contributed by atoms with van der Waals surface area (Å²) in [6.07, 6.45) is 2.61. The van der Waals surface area contributed by atoms with E-state index in [1.54, 1.807) is 0 Å². The van der Waals surface area contributed by atoms with Crippen LogP contribution in [0.3, 0.4) is 0 Å². The minimum atomic E-state index is -2.34. The lowest BCUT2D eigenvalue weighted by molar-refractivity contribution is 0.541. The fraction of sp³-hybridized carbons (Fsp3) is 0.455. The van der Waals surface area contributed by atoms with Crippen molar-refractivity contribution < 1.29 is 4.80 Å². The summed E-state index contributed by atoms with van der Waals surface area (Å²) >= 11 is 0. The van der Waals surface area contributed by atoms with Crippen LogP contribution in [-0.4, -0.2) is 19.3 Å². The molecule has 1 unspecified atom stereocenters. The Bertz CT molecular complexity index is 265. The second-order valence-corrected chi connectivity index (χ2v) is 7.25. The van der Waals surface area contributed by atoms with Crippen molar-refractivity contribution in [2.75, 3.05) is 6.17 Å². The number of benzene rings is 1. The van der Waals surface area contributed by atoms with Crippen molar-refractivity contribution in [2.24, 2.45) is 5.73 Å². The van der Waals surface area contributed by atoms with Crippen LogP contribution in [0, 0.1) is 0 Å². The zero-order valence-electron chi connectivity index (χ0n) is 8.74. The molecule has 0 bridgehead atoms. The third kappa shape index (κ3) is 2.67. The van der Waals surface area contributed by atoms with E-state index in [1.807, 2.05) is 30.3 Å². The Morgan fingerprint density at radius 3 is 2.43 bits per heavy atom. The molecule has 0 radical (unpaired) electrons. The maximum absolute atomic E-state index is 10.4. The Kier molecular flexibility index (Phi) is 4.32. The van der Waals surface area contributed by atoms with Crippen molar-refractivity contribution in [1.29, 1.82) is 0 Å². The molecule has 14 heavy (non-hydrogen) atoms. The predicted molar refractivity (Wildman–Crippen MR) is 62.8 cm³/mol. The molecule has 0 amide bonds. The van der Waals surface area contributed by atoms with Gasteiger partial charge in [0.1, 0.15) is 0 Å². The first-order chi connectivity index (χ1) is 6.73. The van der Waals surface area contributed by atoms with E-state index in [2.05, 4.69) is 6.92 Å². The summed E-state index contributed by atoms with van der Waals surface area (Å²) in [6.45, 7) is 2.14. The SMILES string of the molecule is CCCC[Si](O)(CN)c1ccccc1. The Morgan fingerprint density at radius 1 is 1.29 bits per heavy atom. The molecule has 0 fully saturated rings. The van der Waals surface area contributed by atoms with Crippen molar-refractivity contribution in [3.63, 3.8) is 0 Å². The second-order valence-electron chi connectivity index (χ2n) is 3.71. The summed E-state index contributed by atoms with van der Waals surface area (Å²) in [7, 11) is -2.34. The molecule has 0 saturated heterocycles. The van der Waals surface area contributed by atoms with E-state index in [1.165, 1.54) is 0 Å². The zero-order chi connectivity index (χ0) is 10.4. The van der Waals surface area contributed by atoms with Crippen molar-refractivity contribution in [3.8, 4) is 0 Å². The average Bonchev–Trinajstić information content (AvgIpc) is 2.27. The van der Waals surface area contributed by atoms with E-state index in [-0.39, 0.29) is 0 Å². The zero-order valence-corrected chi connectivity index (χ0v) is 9.74. The van der Waals surface area contributed by atoms with Gasteiger partial charge in [0.2, 0.25) is 8.32 Å². The first kappa shape index (κ1) is 11.4. The van der Waals surface area contributed by atoms with Crippen LogP contribution in [0.5, 0.6) is 0 Å². The van der Waals surface area contributed by atoms with Gasteiger partial charge < -0.3 is 10.5 Å². The third-order valence-electron chi connectivity index (χ3n) is 2.59. The number of rotatable bonds is 5. The highest BCUT2D eigenvalue weighted by atomic mass is 28.4. The number of nitrogens with two attached hydrogens (primary N) is 1. The minimum absolute atomic E-state index is 0.428. The quantitative estimate of drug-likeness (QED) is 0.714. The van der Waals surface area contributed by atoms with Gasteiger partial charge in [-0.05, 0) is 11.2 Å². The van der Waals surface area contributed by atoms with Crippen molar-refractivity contribution in [3.05, 3.63) is 30.3 Å². The predicted octanol–water partition coefficient (Wildman–Crippen LogP) is 1.13. The molecule has 1 aromatic carbocycles. The van der Waals surface area contributed by atoms with Gasteiger partial charge in [-0.2, -0.15) is 0 Å². The molecule has 0 aliphatic heterocycles. The summed E-state index contributed by atoms with van der Waals surface area (Å²) in [4.78, 5) is 10.4. The summed E-state index contributed by atoms with van der Waals surface area (Å²) in [5, 5.41) is 1.07. The lowest BCUT2D eigenvalue weighted by Gasteiger charge is -2.23. The van der Waals surface area contributed by atoms with Gasteiger partial charge >= 0.3 is 0 Å². The largest absolute Gasteiger partial charge is 0.426 e. The summed E-state index contributed by atoms with van der Waals surface area (Å²) in [5.41, 5.74) is 5.69. The maximum Gasteiger partial charge on any atom is 0.233 e. The van der Waals surface area contributed by atoms with E-state index in [9.17, 15) is 4.80 Å². The molecular formula is C11H19NOSi. The van der Waals surface area contributed by atoms with Gasteiger partial charge in [0.05, 0.1) is 0 Å². The van der Waals surface area contributed by atoms with Gasteiger partial charge in [0.25, 0.3) is 0 Å². The van der Waals surface area contributed by atoms with E-state index >= 15 is 0 Å².